The van der Waals surface area contributed by atoms with Gasteiger partial charge in [0.1, 0.15) is 0 Å². The van der Waals surface area contributed by atoms with Gasteiger partial charge in [-0.05, 0) is 23.5 Å². The van der Waals surface area contributed by atoms with Crippen LogP contribution >= 0.6 is 11.3 Å². The Kier molecular flexibility index (Phi) is 4.96. The third-order valence-electron chi connectivity index (χ3n) is 3.43. The zero-order valence-corrected chi connectivity index (χ0v) is 13.0. The number of rotatable bonds is 6. The number of hydrogen-bond donors (Lipinski definition) is 1. The molecule has 1 heterocycles. The van der Waals surface area contributed by atoms with Crippen molar-refractivity contribution in [1.29, 1.82) is 0 Å². The average Bonchev–Trinajstić information content (AvgIpc) is 2.80. The van der Waals surface area contributed by atoms with Crippen molar-refractivity contribution < 1.29 is 9.90 Å². The summed E-state index contributed by atoms with van der Waals surface area (Å²) in [5, 5.41) is 10.5. The number of benzene rings is 1. The van der Waals surface area contributed by atoms with E-state index in [9.17, 15) is 9.59 Å². The molecule has 5 heteroatoms. The van der Waals surface area contributed by atoms with Crippen molar-refractivity contribution in [3.05, 3.63) is 44.9 Å². The van der Waals surface area contributed by atoms with Crippen molar-refractivity contribution in [2.45, 2.75) is 39.2 Å². The maximum atomic E-state index is 11.9. The molecule has 0 unspecified atom stereocenters. The minimum atomic E-state index is -0.832. The Hall–Kier alpha value is -1.88. The minimum Gasteiger partial charge on any atom is -0.481 e. The van der Waals surface area contributed by atoms with Crippen LogP contribution in [0.3, 0.4) is 0 Å². The summed E-state index contributed by atoms with van der Waals surface area (Å²) in [4.78, 5) is 22.4. The number of aromatic nitrogens is 1. The number of thiazole rings is 1. The lowest BCUT2D eigenvalue weighted by molar-refractivity contribution is -0.137. The fraction of sp³-hybridized carbons (Fsp3) is 0.375. The van der Waals surface area contributed by atoms with Crippen LogP contribution in [-0.4, -0.2) is 15.6 Å². The summed E-state index contributed by atoms with van der Waals surface area (Å²) in [6.07, 6.45) is 0.539. The highest BCUT2D eigenvalue weighted by atomic mass is 32.1. The van der Waals surface area contributed by atoms with Crippen LogP contribution in [0.15, 0.2) is 34.4 Å². The highest BCUT2D eigenvalue weighted by Gasteiger charge is 2.10. The lowest BCUT2D eigenvalue weighted by Gasteiger charge is -2.09. The van der Waals surface area contributed by atoms with Crippen LogP contribution in [0.4, 0.5) is 0 Å². The van der Waals surface area contributed by atoms with Crippen molar-refractivity contribution in [3.63, 3.8) is 0 Å². The molecule has 2 rings (SSSR count). The van der Waals surface area contributed by atoms with E-state index in [1.54, 1.807) is 4.57 Å². The minimum absolute atomic E-state index is 0.0386. The molecule has 0 fully saturated rings. The van der Waals surface area contributed by atoms with Crippen LogP contribution in [0.5, 0.6) is 0 Å². The smallest absolute Gasteiger partial charge is 0.307 e. The van der Waals surface area contributed by atoms with Gasteiger partial charge in [-0.25, -0.2) is 0 Å². The molecule has 0 saturated heterocycles. The number of carbonyl (C=O) groups is 1. The van der Waals surface area contributed by atoms with Crippen molar-refractivity contribution >= 4 is 17.3 Å². The zero-order chi connectivity index (χ0) is 15.4. The molecule has 0 saturated carbocycles. The summed E-state index contributed by atoms with van der Waals surface area (Å²) in [7, 11) is 0. The van der Waals surface area contributed by atoms with Gasteiger partial charge in [-0.15, -0.1) is 0 Å². The Bertz CT molecular complexity index is 668. The van der Waals surface area contributed by atoms with E-state index in [4.69, 9.17) is 5.11 Å². The van der Waals surface area contributed by atoms with Gasteiger partial charge in [-0.1, -0.05) is 49.4 Å². The average molecular weight is 305 g/mol. The van der Waals surface area contributed by atoms with Crippen LogP contribution < -0.4 is 4.87 Å². The first-order valence-electron chi connectivity index (χ1n) is 6.99. The molecule has 1 aromatic heterocycles. The molecule has 0 radical (unpaired) electrons. The number of carboxylic acids is 1. The van der Waals surface area contributed by atoms with Gasteiger partial charge in [-0.3, -0.25) is 14.2 Å². The molecule has 2 aromatic rings. The van der Waals surface area contributed by atoms with E-state index in [0.29, 0.717) is 18.9 Å². The van der Waals surface area contributed by atoms with E-state index in [0.717, 1.165) is 22.6 Å². The van der Waals surface area contributed by atoms with Crippen LogP contribution in [0.25, 0.3) is 11.3 Å². The molecular formula is C16H19NO3S. The molecule has 0 amide bonds. The van der Waals surface area contributed by atoms with Gasteiger partial charge in [-0.2, -0.15) is 0 Å². The molecule has 112 valence electrons. The summed E-state index contributed by atoms with van der Waals surface area (Å²) in [5.74, 6) is -0.361. The molecule has 4 nitrogen and oxygen atoms in total. The Morgan fingerprint density at radius 1 is 1.29 bits per heavy atom. The largest absolute Gasteiger partial charge is 0.481 e. The third kappa shape index (κ3) is 3.82. The molecule has 0 aliphatic rings. The molecule has 1 aromatic carbocycles. The summed E-state index contributed by atoms with van der Waals surface area (Å²) in [5.41, 5.74) is 3.12. The maximum Gasteiger partial charge on any atom is 0.307 e. The summed E-state index contributed by atoms with van der Waals surface area (Å²) in [6, 6.07) is 8.18. The first-order valence-corrected chi connectivity index (χ1v) is 7.87. The van der Waals surface area contributed by atoms with Gasteiger partial charge in [0.25, 0.3) is 0 Å². The lowest BCUT2D eigenvalue weighted by atomic mass is 10.0. The van der Waals surface area contributed by atoms with E-state index in [2.05, 4.69) is 26.0 Å². The first-order chi connectivity index (χ1) is 9.99. The van der Waals surface area contributed by atoms with Gasteiger partial charge < -0.3 is 5.11 Å². The number of hydrogen-bond acceptors (Lipinski definition) is 3. The maximum absolute atomic E-state index is 11.9. The molecule has 21 heavy (non-hydrogen) atoms. The molecule has 0 aliphatic heterocycles. The SMILES string of the molecule is CC(C)c1ccc(-c2csc(=O)n2CCCC(=O)O)cc1. The summed E-state index contributed by atoms with van der Waals surface area (Å²) >= 11 is 1.16. The normalized spacial score (nSPS) is 11.0. The van der Waals surface area contributed by atoms with Gasteiger partial charge in [0, 0.05) is 18.3 Å². The second-order valence-corrected chi connectivity index (χ2v) is 6.13. The monoisotopic (exact) mass is 305 g/mol. The molecular weight excluding hydrogens is 286 g/mol. The molecule has 1 N–H and O–H groups in total. The van der Waals surface area contributed by atoms with Crippen molar-refractivity contribution in [1.82, 2.24) is 4.57 Å². The van der Waals surface area contributed by atoms with Gasteiger partial charge in [0.05, 0.1) is 5.69 Å². The topological polar surface area (TPSA) is 59.3 Å². The van der Waals surface area contributed by atoms with Crippen molar-refractivity contribution in [2.24, 2.45) is 0 Å². The second-order valence-electron chi connectivity index (χ2n) is 5.31. The van der Waals surface area contributed by atoms with Crippen LogP contribution in [0.1, 0.15) is 38.2 Å². The third-order valence-corrected chi connectivity index (χ3v) is 4.19. The van der Waals surface area contributed by atoms with E-state index in [-0.39, 0.29) is 11.3 Å². The summed E-state index contributed by atoms with van der Waals surface area (Å²) < 4.78 is 1.66. The zero-order valence-electron chi connectivity index (χ0n) is 12.2. The van der Waals surface area contributed by atoms with Crippen molar-refractivity contribution in [2.75, 3.05) is 0 Å². The molecule has 0 aliphatic carbocycles. The number of aliphatic carboxylic acids is 1. The molecule has 0 atom stereocenters. The van der Waals surface area contributed by atoms with E-state index in [1.165, 1.54) is 5.56 Å². The fourth-order valence-corrected chi connectivity index (χ4v) is 2.99. The molecule has 0 bridgehead atoms. The van der Waals surface area contributed by atoms with Crippen LogP contribution in [0, 0.1) is 0 Å². The number of nitrogens with zero attached hydrogens (tertiary/aromatic N) is 1. The van der Waals surface area contributed by atoms with E-state index < -0.39 is 5.97 Å². The van der Waals surface area contributed by atoms with Crippen LogP contribution in [0.2, 0.25) is 0 Å². The Labute approximate surface area is 127 Å². The lowest BCUT2D eigenvalue weighted by Crippen LogP contribution is -2.15. The summed E-state index contributed by atoms with van der Waals surface area (Å²) in [6.45, 7) is 4.72. The first kappa shape index (κ1) is 15.5. The van der Waals surface area contributed by atoms with E-state index in [1.807, 2.05) is 17.5 Å². The van der Waals surface area contributed by atoms with E-state index >= 15 is 0 Å². The highest BCUT2D eigenvalue weighted by molar-refractivity contribution is 7.07. The Balaban J connectivity index is 2.23. The predicted molar refractivity (Wildman–Crippen MR) is 85.0 cm³/mol. The standard InChI is InChI=1S/C16H19NO3S/c1-11(2)12-5-7-13(8-6-12)14-10-21-16(20)17(14)9-3-4-15(18)19/h5-8,10-11H,3-4,9H2,1-2H3,(H,18,19). The Morgan fingerprint density at radius 3 is 2.52 bits per heavy atom. The van der Waals surface area contributed by atoms with Gasteiger partial charge in [0.15, 0.2) is 0 Å². The highest BCUT2D eigenvalue weighted by Crippen LogP contribution is 2.23. The van der Waals surface area contributed by atoms with Crippen molar-refractivity contribution in [3.8, 4) is 11.3 Å². The Morgan fingerprint density at radius 2 is 1.95 bits per heavy atom. The number of carboxylic acid groups (broad SMARTS) is 1. The van der Waals surface area contributed by atoms with Gasteiger partial charge in [0.2, 0.25) is 0 Å². The molecule has 0 spiro atoms. The quantitative estimate of drug-likeness (QED) is 0.887. The second kappa shape index (κ2) is 6.72. The fourth-order valence-electron chi connectivity index (χ4n) is 2.19. The van der Waals surface area contributed by atoms with Gasteiger partial charge >= 0.3 is 10.8 Å². The van der Waals surface area contributed by atoms with Crippen LogP contribution in [-0.2, 0) is 11.3 Å². The predicted octanol–water partition coefficient (Wildman–Crippen LogP) is 3.57.